The molecular formula is C15H25N. The molecule has 0 aliphatic carbocycles. The maximum atomic E-state index is 2.36. The molecule has 90 valence electrons. The number of aryl methyl sites for hydroxylation is 1. The molecule has 0 fully saturated rings. The molecule has 2 unspecified atom stereocenters. The van der Waals surface area contributed by atoms with Crippen molar-refractivity contribution in [2.24, 2.45) is 5.92 Å². The number of rotatable bonds is 5. The van der Waals surface area contributed by atoms with Gasteiger partial charge in [-0.15, -0.1) is 0 Å². The summed E-state index contributed by atoms with van der Waals surface area (Å²) in [5, 5.41) is 0. The molecule has 0 heterocycles. The van der Waals surface area contributed by atoms with Crippen LogP contribution < -0.4 is 0 Å². The molecule has 1 nitrogen and oxygen atoms in total. The molecule has 1 rings (SSSR count). The summed E-state index contributed by atoms with van der Waals surface area (Å²) < 4.78 is 0. The summed E-state index contributed by atoms with van der Waals surface area (Å²) in [4.78, 5) is 2.28. The van der Waals surface area contributed by atoms with E-state index in [-0.39, 0.29) is 0 Å². The molecule has 0 aliphatic rings. The van der Waals surface area contributed by atoms with Crippen LogP contribution in [0.15, 0.2) is 24.3 Å². The van der Waals surface area contributed by atoms with E-state index in [9.17, 15) is 0 Å². The van der Waals surface area contributed by atoms with Crippen molar-refractivity contribution in [3.8, 4) is 0 Å². The number of hydrogen-bond acceptors (Lipinski definition) is 1. The summed E-state index contributed by atoms with van der Waals surface area (Å²) in [5.41, 5.74) is 2.87. The van der Waals surface area contributed by atoms with Gasteiger partial charge in [-0.2, -0.15) is 0 Å². The smallest absolute Gasteiger partial charge is 0.000676 e. The predicted molar refractivity (Wildman–Crippen MR) is 71.9 cm³/mol. The van der Waals surface area contributed by atoms with Crippen LogP contribution in [0.5, 0.6) is 0 Å². The molecule has 0 aliphatic heterocycles. The topological polar surface area (TPSA) is 3.24 Å². The number of nitrogens with zero attached hydrogens (tertiary/aromatic N) is 1. The van der Waals surface area contributed by atoms with E-state index in [1.54, 1.807) is 0 Å². The lowest BCUT2D eigenvalue weighted by Gasteiger charge is -2.26. The van der Waals surface area contributed by atoms with Crippen LogP contribution in [0.3, 0.4) is 0 Å². The van der Waals surface area contributed by atoms with Gasteiger partial charge in [0, 0.05) is 6.54 Å². The lowest BCUT2D eigenvalue weighted by Crippen LogP contribution is -2.24. The van der Waals surface area contributed by atoms with Crippen molar-refractivity contribution < 1.29 is 0 Å². The summed E-state index contributed by atoms with van der Waals surface area (Å²) in [6.45, 7) is 7.98. The van der Waals surface area contributed by atoms with E-state index in [1.165, 1.54) is 17.5 Å². The van der Waals surface area contributed by atoms with Crippen LogP contribution in [0.2, 0.25) is 0 Å². The Morgan fingerprint density at radius 3 is 2.44 bits per heavy atom. The van der Waals surface area contributed by atoms with Crippen molar-refractivity contribution in [3.63, 3.8) is 0 Å². The van der Waals surface area contributed by atoms with E-state index in [4.69, 9.17) is 0 Å². The largest absolute Gasteiger partial charge is 0.309 e. The first-order valence-corrected chi connectivity index (χ1v) is 6.25. The molecule has 0 amide bonds. The second-order valence-electron chi connectivity index (χ2n) is 5.17. The van der Waals surface area contributed by atoms with E-state index in [2.05, 4.69) is 64.0 Å². The van der Waals surface area contributed by atoms with Gasteiger partial charge in [0.1, 0.15) is 0 Å². The highest BCUT2D eigenvalue weighted by Gasteiger charge is 2.17. The first-order valence-electron chi connectivity index (χ1n) is 6.25. The molecule has 1 aromatic rings. The van der Waals surface area contributed by atoms with Gasteiger partial charge in [-0.25, -0.2) is 0 Å². The Balaban J connectivity index is 2.81. The summed E-state index contributed by atoms with van der Waals surface area (Å²) >= 11 is 0. The fourth-order valence-electron chi connectivity index (χ4n) is 2.57. The van der Waals surface area contributed by atoms with Gasteiger partial charge in [0.15, 0.2) is 0 Å². The molecule has 0 saturated carbocycles. The standard InChI is InChI=1S/C15H25N/c1-6-15(13(3)11-16(4)5)14-9-7-8-12(2)10-14/h7-10,13,15H,6,11H2,1-5H3. The lowest BCUT2D eigenvalue weighted by molar-refractivity contribution is 0.301. The Hall–Kier alpha value is -0.820. The fraction of sp³-hybridized carbons (Fsp3) is 0.600. The first kappa shape index (κ1) is 13.2. The maximum Gasteiger partial charge on any atom is 0.000676 e. The summed E-state index contributed by atoms with van der Waals surface area (Å²) in [7, 11) is 4.30. The van der Waals surface area contributed by atoms with Gasteiger partial charge in [-0.05, 0) is 44.8 Å². The average Bonchev–Trinajstić information content (AvgIpc) is 2.17. The van der Waals surface area contributed by atoms with Crippen molar-refractivity contribution >= 4 is 0 Å². The van der Waals surface area contributed by atoms with Gasteiger partial charge in [-0.1, -0.05) is 43.7 Å². The van der Waals surface area contributed by atoms with E-state index in [0.29, 0.717) is 11.8 Å². The van der Waals surface area contributed by atoms with Crippen LogP contribution in [0.1, 0.15) is 37.3 Å². The van der Waals surface area contributed by atoms with E-state index in [0.717, 1.165) is 6.54 Å². The molecule has 1 heteroatoms. The van der Waals surface area contributed by atoms with Crippen LogP contribution in [0.25, 0.3) is 0 Å². The molecule has 2 atom stereocenters. The summed E-state index contributed by atoms with van der Waals surface area (Å²) in [6, 6.07) is 8.95. The molecule has 0 N–H and O–H groups in total. The van der Waals surface area contributed by atoms with E-state index in [1.807, 2.05) is 0 Å². The van der Waals surface area contributed by atoms with Crippen LogP contribution in [-0.4, -0.2) is 25.5 Å². The lowest BCUT2D eigenvalue weighted by atomic mass is 9.84. The minimum atomic E-state index is 0.683. The highest BCUT2D eigenvalue weighted by molar-refractivity contribution is 5.25. The molecular weight excluding hydrogens is 194 g/mol. The number of benzene rings is 1. The first-order chi connectivity index (χ1) is 7.54. The molecule has 0 radical (unpaired) electrons. The minimum absolute atomic E-state index is 0.683. The third-order valence-electron chi connectivity index (χ3n) is 3.25. The summed E-state index contributed by atoms with van der Waals surface area (Å²) in [5.74, 6) is 1.39. The van der Waals surface area contributed by atoms with Gasteiger partial charge >= 0.3 is 0 Å². The third kappa shape index (κ3) is 3.64. The zero-order chi connectivity index (χ0) is 12.1. The predicted octanol–water partition coefficient (Wildman–Crippen LogP) is 3.69. The third-order valence-corrected chi connectivity index (χ3v) is 3.25. The maximum absolute atomic E-state index is 2.36. The van der Waals surface area contributed by atoms with Crippen molar-refractivity contribution in [3.05, 3.63) is 35.4 Å². The highest BCUT2D eigenvalue weighted by Crippen LogP contribution is 2.28. The molecule has 1 aromatic carbocycles. The molecule has 0 bridgehead atoms. The Kier molecular flexibility index (Phi) is 5.01. The molecule has 16 heavy (non-hydrogen) atoms. The van der Waals surface area contributed by atoms with Gasteiger partial charge < -0.3 is 4.90 Å². The SMILES string of the molecule is CCC(c1cccc(C)c1)C(C)CN(C)C. The van der Waals surface area contributed by atoms with Gasteiger partial charge in [0.2, 0.25) is 0 Å². The average molecular weight is 219 g/mol. The molecule has 0 spiro atoms. The Morgan fingerprint density at radius 1 is 1.25 bits per heavy atom. The second kappa shape index (κ2) is 6.05. The van der Waals surface area contributed by atoms with Crippen LogP contribution in [0.4, 0.5) is 0 Å². The van der Waals surface area contributed by atoms with Gasteiger partial charge in [0.25, 0.3) is 0 Å². The highest BCUT2D eigenvalue weighted by atomic mass is 15.1. The van der Waals surface area contributed by atoms with Crippen molar-refractivity contribution in [1.82, 2.24) is 4.90 Å². The Bertz CT molecular complexity index is 317. The van der Waals surface area contributed by atoms with E-state index < -0.39 is 0 Å². The van der Waals surface area contributed by atoms with E-state index >= 15 is 0 Å². The van der Waals surface area contributed by atoms with Crippen molar-refractivity contribution in [1.29, 1.82) is 0 Å². The van der Waals surface area contributed by atoms with Gasteiger partial charge in [0.05, 0.1) is 0 Å². The Labute approximate surface area is 100 Å². The van der Waals surface area contributed by atoms with Crippen LogP contribution >= 0.6 is 0 Å². The number of hydrogen-bond donors (Lipinski definition) is 0. The van der Waals surface area contributed by atoms with Crippen molar-refractivity contribution in [2.75, 3.05) is 20.6 Å². The molecule has 0 saturated heterocycles. The second-order valence-corrected chi connectivity index (χ2v) is 5.17. The summed E-state index contributed by atoms with van der Waals surface area (Å²) in [6.07, 6.45) is 1.22. The Morgan fingerprint density at radius 2 is 1.94 bits per heavy atom. The minimum Gasteiger partial charge on any atom is -0.309 e. The zero-order valence-corrected chi connectivity index (χ0v) is 11.3. The van der Waals surface area contributed by atoms with Crippen LogP contribution in [-0.2, 0) is 0 Å². The normalized spacial score (nSPS) is 15.1. The molecule has 0 aromatic heterocycles. The van der Waals surface area contributed by atoms with Gasteiger partial charge in [-0.3, -0.25) is 0 Å². The monoisotopic (exact) mass is 219 g/mol. The fourth-order valence-corrected chi connectivity index (χ4v) is 2.57. The quantitative estimate of drug-likeness (QED) is 0.730. The van der Waals surface area contributed by atoms with Crippen LogP contribution in [0, 0.1) is 12.8 Å². The van der Waals surface area contributed by atoms with Crippen molar-refractivity contribution in [2.45, 2.75) is 33.1 Å². The zero-order valence-electron chi connectivity index (χ0n) is 11.3.